The van der Waals surface area contributed by atoms with E-state index in [0.29, 0.717) is 17.4 Å². The van der Waals surface area contributed by atoms with Gasteiger partial charge in [-0.2, -0.15) is 0 Å². The first-order chi connectivity index (χ1) is 7.54. The lowest BCUT2D eigenvalue weighted by Crippen LogP contribution is -2.28. The van der Waals surface area contributed by atoms with Gasteiger partial charge < -0.3 is 10.4 Å². The number of phenols is 1. The molecule has 0 fully saturated rings. The van der Waals surface area contributed by atoms with Gasteiger partial charge in [-0.15, -0.1) is 11.6 Å². The molecule has 88 valence electrons. The molecule has 0 saturated carbocycles. The first kappa shape index (κ1) is 13.1. The minimum Gasteiger partial charge on any atom is -0.507 e. The highest BCUT2D eigenvalue weighted by Gasteiger charge is 2.11. The molecule has 1 rings (SSSR count). The fourth-order valence-electron chi connectivity index (χ4n) is 1.11. The first-order valence-electron chi connectivity index (χ1n) is 4.87. The van der Waals surface area contributed by atoms with Crippen LogP contribution in [0.3, 0.4) is 0 Å². The highest BCUT2D eigenvalue weighted by Crippen LogP contribution is 2.21. The smallest absolute Gasteiger partial charge is 0.255 e. The largest absolute Gasteiger partial charge is 0.507 e. The molecule has 1 aromatic rings. The van der Waals surface area contributed by atoms with Gasteiger partial charge in [-0.05, 0) is 24.1 Å². The van der Waals surface area contributed by atoms with Crippen LogP contribution in [0.5, 0.6) is 5.75 Å². The van der Waals surface area contributed by atoms with E-state index >= 15 is 0 Å². The van der Waals surface area contributed by atoms with Crippen LogP contribution in [0, 0.1) is 5.92 Å². The molecular weight excluding hydrogens is 249 g/mol. The van der Waals surface area contributed by atoms with E-state index in [0.717, 1.165) is 0 Å². The zero-order valence-corrected chi connectivity index (χ0v) is 10.3. The second kappa shape index (κ2) is 5.97. The second-order valence-corrected chi connectivity index (χ2v) is 4.38. The predicted octanol–water partition coefficient (Wildman–Crippen LogP) is 2.65. The van der Waals surface area contributed by atoms with E-state index in [4.69, 9.17) is 23.2 Å². The molecule has 5 heteroatoms. The number of halogens is 2. The van der Waals surface area contributed by atoms with Crippen molar-refractivity contribution in [1.82, 2.24) is 5.32 Å². The Morgan fingerprint density at radius 3 is 2.81 bits per heavy atom. The Hall–Kier alpha value is -0.930. The molecule has 0 bridgehead atoms. The minimum atomic E-state index is -0.328. The van der Waals surface area contributed by atoms with Crippen LogP contribution in [0.2, 0.25) is 5.02 Å². The fraction of sp³-hybridized carbons (Fsp3) is 0.364. The van der Waals surface area contributed by atoms with Gasteiger partial charge >= 0.3 is 0 Å². The van der Waals surface area contributed by atoms with Crippen molar-refractivity contribution < 1.29 is 9.90 Å². The Labute approximate surface area is 104 Å². The Kier molecular flexibility index (Phi) is 4.90. The summed E-state index contributed by atoms with van der Waals surface area (Å²) in [5.74, 6) is 0.224. The number of alkyl halides is 1. The normalized spacial score (nSPS) is 12.2. The SMILES string of the molecule is CC(CCl)CNC(=O)c1ccc(Cl)cc1O. The van der Waals surface area contributed by atoms with E-state index in [1.54, 1.807) is 6.07 Å². The number of aromatic hydroxyl groups is 1. The van der Waals surface area contributed by atoms with E-state index in [-0.39, 0.29) is 23.1 Å². The van der Waals surface area contributed by atoms with Gasteiger partial charge in [0.1, 0.15) is 5.75 Å². The molecule has 1 unspecified atom stereocenters. The molecule has 1 aromatic carbocycles. The topological polar surface area (TPSA) is 49.3 Å². The van der Waals surface area contributed by atoms with Gasteiger partial charge in [0.25, 0.3) is 5.91 Å². The van der Waals surface area contributed by atoms with E-state index in [1.807, 2.05) is 6.92 Å². The van der Waals surface area contributed by atoms with Crippen LogP contribution in [0.15, 0.2) is 18.2 Å². The van der Waals surface area contributed by atoms with Crippen LogP contribution in [-0.4, -0.2) is 23.4 Å². The van der Waals surface area contributed by atoms with Gasteiger partial charge in [0.15, 0.2) is 0 Å². The van der Waals surface area contributed by atoms with E-state index in [2.05, 4.69) is 5.32 Å². The number of hydrogen-bond donors (Lipinski definition) is 2. The Bertz CT molecular complexity index is 382. The molecule has 0 spiro atoms. The van der Waals surface area contributed by atoms with Gasteiger partial charge in [0, 0.05) is 17.4 Å². The lowest BCUT2D eigenvalue weighted by Gasteiger charge is -2.10. The van der Waals surface area contributed by atoms with Crippen molar-refractivity contribution in [3.8, 4) is 5.75 Å². The molecule has 0 aliphatic heterocycles. The van der Waals surface area contributed by atoms with Crippen LogP contribution >= 0.6 is 23.2 Å². The average Bonchev–Trinajstić information content (AvgIpc) is 2.25. The van der Waals surface area contributed by atoms with E-state index in [1.165, 1.54) is 12.1 Å². The molecule has 1 atom stereocenters. The quantitative estimate of drug-likeness (QED) is 0.819. The maximum absolute atomic E-state index is 11.6. The number of benzene rings is 1. The standard InChI is InChI=1S/C11H13Cl2NO2/c1-7(5-12)6-14-11(16)9-3-2-8(13)4-10(9)15/h2-4,7,15H,5-6H2,1H3,(H,14,16). The summed E-state index contributed by atoms with van der Waals surface area (Å²) in [5.41, 5.74) is 0.214. The summed E-state index contributed by atoms with van der Waals surface area (Å²) in [5, 5.41) is 12.6. The summed E-state index contributed by atoms with van der Waals surface area (Å²) >= 11 is 11.3. The van der Waals surface area contributed by atoms with Crippen molar-refractivity contribution in [3.05, 3.63) is 28.8 Å². The highest BCUT2D eigenvalue weighted by atomic mass is 35.5. The first-order valence-corrected chi connectivity index (χ1v) is 5.78. The van der Waals surface area contributed by atoms with Gasteiger partial charge in [0.2, 0.25) is 0 Å². The Morgan fingerprint density at radius 2 is 2.25 bits per heavy atom. The van der Waals surface area contributed by atoms with Crippen LogP contribution in [0.4, 0.5) is 0 Å². The van der Waals surface area contributed by atoms with Gasteiger partial charge in [0.05, 0.1) is 5.56 Å². The van der Waals surface area contributed by atoms with Crippen molar-refractivity contribution in [3.63, 3.8) is 0 Å². The third kappa shape index (κ3) is 3.58. The number of hydrogen-bond acceptors (Lipinski definition) is 2. The van der Waals surface area contributed by atoms with E-state index in [9.17, 15) is 9.90 Å². The maximum Gasteiger partial charge on any atom is 0.255 e. The second-order valence-electron chi connectivity index (χ2n) is 3.63. The molecule has 1 amide bonds. The van der Waals surface area contributed by atoms with Crippen molar-refractivity contribution in [2.75, 3.05) is 12.4 Å². The predicted molar refractivity (Wildman–Crippen MR) is 65.3 cm³/mol. The van der Waals surface area contributed by atoms with Crippen molar-refractivity contribution in [2.45, 2.75) is 6.92 Å². The van der Waals surface area contributed by atoms with Crippen molar-refractivity contribution in [2.24, 2.45) is 5.92 Å². The molecule has 0 aliphatic rings. The molecule has 0 aliphatic carbocycles. The summed E-state index contributed by atoms with van der Waals surface area (Å²) in [6, 6.07) is 4.38. The summed E-state index contributed by atoms with van der Waals surface area (Å²) in [6.45, 7) is 2.40. The molecule has 0 heterocycles. The monoisotopic (exact) mass is 261 g/mol. The molecule has 0 aromatic heterocycles. The highest BCUT2D eigenvalue weighted by molar-refractivity contribution is 6.30. The third-order valence-corrected chi connectivity index (χ3v) is 2.84. The van der Waals surface area contributed by atoms with Crippen LogP contribution in [0.1, 0.15) is 17.3 Å². The summed E-state index contributed by atoms with van der Waals surface area (Å²) in [4.78, 5) is 11.6. The van der Waals surface area contributed by atoms with Crippen LogP contribution < -0.4 is 5.32 Å². The number of carbonyl (C=O) groups excluding carboxylic acids is 1. The zero-order valence-electron chi connectivity index (χ0n) is 8.84. The van der Waals surface area contributed by atoms with Gasteiger partial charge in [-0.1, -0.05) is 18.5 Å². The minimum absolute atomic E-state index is 0.122. The summed E-state index contributed by atoms with van der Waals surface area (Å²) in [6.07, 6.45) is 0. The third-order valence-electron chi connectivity index (χ3n) is 2.08. The molecule has 16 heavy (non-hydrogen) atoms. The molecule has 2 N–H and O–H groups in total. The number of phenolic OH excluding ortho intramolecular Hbond substituents is 1. The molecular formula is C11H13Cl2NO2. The number of rotatable bonds is 4. The van der Waals surface area contributed by atoms with E-state index < -0.39 is 0 Å². The fourth-order valence-corrected chi connectivity index (χ4v) is 1.39. The number of carbonyl (C=O) groups is 1. The average molecular weight is 262 g/mol. The van der Waals surface area contributed by atoms with Crippen molar-refractivity contribution in [1.29, 1.82) is 0 Å². The van der Waals surface area contributed by atoms with Crippen LogP contribution in [0.25, 0.3) is 0 Å². The Balaban J connectivity index is 2.66. The lowest BCUT2D eigenvalue weighted by molar-refractivity contribution is 0.0946. The van der Waals surface area contributed by atoms with Gasteiger partial charge in [-0.3, -0.25) is 4.79 Å². The lowest BCUT2D eigenvalue weighted by atomic mass is 10.1. The number of amides is 1. The summed E-state index contributed by atoms with van der Waals surface area (Å²) in [7, 11) is 0. The maximum atomic E-state index is 11.6. The van der Waals surface area contributed by atoms with Gasteiger partial charge in [-0.25, -0.2) is 0 Å². The van der Waals surface area contributed by atoms with Crippen molar-refractivity contribution >= 4 is 29.1 Å². The Morgan fingerprint density at radius 1 is 1.56 bits per heavy atom. The van der Waals surface area contributed by atoms with Crippen LogP contribution in [-0.2, 0) is 0 Å². The zero-order chi connectivity index (χ0) is 12.1. The molecule has 3 nitrogen and oxygen atoms in total. The molecule has 0 radical (unpaired) electrons. The number of nitrogens with one attached hydrogen (secondary N) is 1. The summed E-state index contributed by atoms with van der Waals surface area (Å²) < 4.78 is 0. The molecule has 0 saturated heterocycles.